The van der Waals surface area contributed by atoms with Crippen LogP contribution in [-0.4, -0.2) is 7.05 Å². The van der Waals surface area contributed by atoms with Gasteiger partial charge in [-0.3, -0.25) is 0 Å². The molecule has 92 valence electrons. The molecule has 0 spiro atoms. The van der Waals surface area contributed by atoms with Crippen LogP contribution in [0.15, 0.2) is 21.0 Å². The van der Waals surface area contributed by atoms with E-state index in [1.807, 2.05) is 32.2 Å². The van der Waals surface area contributed by atoms with Gasteiger partial charge in [0.15, 0.2) is 0 Å². The standard InChI is InChI=1S/C13H16BrNOS/c1-7-5-10(9(3)16-7)12(15-4)13-11(14)6-8(2)17-13/h5-6,12,15H,1-4H3. The van der Waals surface area contributed by atoms with Crippen molar-refractivity contribution in [1.29, 1.82) is 0 Å². The second-order valence-electron chi connectivity index (χ2n) is 4.16. The summed E-state index contributed by atoms with van der Waals surface area (Å²) in [6, 6.07) is 4.46. The summed E-state index contributed by atoms with van der Waals surface area (Å²) in [5.41, 5.74) is 1.22. The first-order chi connectivity index (χ1) is 8.02. The molecule has 1 atom stereocenters. The average Bonchev–Trinajstić information content (AvgIpc) is 2.73. The fourth-order valence-corrected chi connectivity index (χ4v) is 4.07. The van der Waals surface area contributed by atoms with Gasteiger partial charge in [-0.1, -0.05) is 0 Å². The van der Waals surface area contributed by atoms with Gasteiger partial charge in [-0.25, -0.2) is 0 Å². The molecule has 0 aromatic carbocycles. The van der Waals surface area contributed by atoms with Gasteiger partial charge in [0.1, 0.15) is 11.5 Å². The van der Waals surface area contributed by atoms with Crippen LogP contribution >= 0.6 is 27.3 Å². The molecule has 0 saturated carbocycles. The second-order valence-corrected chi connectivity index (χ2v) is 6.30. The van der Waals surface area contributed by atoms with Crippen molar-refractivity contribution < 1.29 is 4.42 Å². The summed E-state index contributed by atoms with van der Waals surface area (Å²) in [6.45, 7) is 6.12. The van der Waals surface area contributed by atoms with Crippen LogP contribution in [0.5, 0.6) is 0 Å². The number of aryl methyl sites for hydroxylation is 3. The van der Waals surface area contributed by atoms with Crippen LogP contribution in [0.1, 0.15) is 32.9 Å². The Labute approximate surface area is 114 Å². The molecule has 0 amide bonds. The first-order valence-electron chi connectivity index (χ1n) is 5.53. The van der Waals surface area contributed by atoms with Crippen molar-refractivity contribution in [3.8, 4) is 0 Å². The molecule has 17 heavy (non-hydrogen) atoms. The van der Waals surface area contributed by atoms with Gasteiger partial charge in [-0.15, -0.1) is 11.3 Å². The van der Waals surface area contributed by atoms with Crippen LogP contribution in [0.2, 0.25) is 0 Å². The monoisotopic (exact) mass is 313 g/mol. The predicted octanol–water partition coefficient (Wildman–Crippen LogP) is 4.34. The maximum atomic E-state index is 5.61. The lowest BCUT2D eigenvalue weighted by Gasteiger charge is -2.14. The molecule has 1 N–H and O–H groups in total. The number of rotatable bonds is 3. The molecule has 0 radical (unpaired) electrons. The molecule has 4 heteroatoms. The van der Waals surface area contributed by atoms with E-state index in [1.54, 1.807) is 0 Å². The van der Waals surface area contributed by atoms with Crippen molar-refractivity contribution in [3.05, 3.63) is 43.4 Å². The van der Waals surface area contributed by atoms with Crippen LogP contribution in [0, 0.1) is 20.8 Å². The predicted molar refractivity (Wildman–Crippen MR) is 75.8 cm³/mol. The van der Waals surface area contributed by atoms with E-state index >= 15 is 0 Å². The zero-order chi connectivity index (χ0) is 12.6. The smallest absolute Gasteiger partial charge is 0.106 e. The lowest BCUT2D eigenvalue weighted by Crippen LogP contribution is -2.17. The van der Waals surface area contributed by atoms with Gasteiger partial charge in [0, 0.05) is 19.8 Å². The molecular weight excluding hydrogens is 298 g/mol. The van der Waals surface area contributed by atoms with E-state index in [0.29, 0.717) is 0 Å². The topological polar surface area (TPSA) is 25.2 Å². The van der Waals surface area contributed by atoms with E-state index < -0.39 is 0 Å². The van der Waals surface area contributed by atoms with E-state index in [0.717, 1.165) is 16.0 Å². The highest BCUT2D eigenvalue weighted by Crippen LogP contribution is 2.37. The normalized spacial score (nSPS) is 13.0. The van der Waals surface area contributed by atoms with Gasteiger partial charge >= 0.3 is 0 Å². The molecule has 2 rings (SSSR count). The van der Waals surface area contributed by atoms with Crippen molar-refractivity contribution in [2.75, 3.05) is 7.05 Å². The molecule has 0 aliphatic rings. The minimum atomic E-state index is 0.195. The van der Waals surface area contributed by atoms with Crippen LogP contribution in [0.4, 0.5) is 0 Å². The maximum Gasteiger partial charge on any atom is 0.106 e. The Morgan fingerprint density at radius 2 is 2.00 bits per heavy atom. The van der Waals surface area contributed by atoms with E-state index in [9.17, 15) is 0 Å². The SMILES string of the molecule is CNC(c1cc(C)oc1C)c1sc(C)cc1Br. The summed E-state index contributed by atoms with van der Waals surface area (Å²) in [5, 5.41) is 3.36. The zero-order valence-electron chi connectivity index (χ0n) is 10.4. The van der Waals surface area contributed by atoms with Crippen molar-refractivity contribution in [1.82, 2.24) is 5.32 Å². The van der Waals surface area contributed by atoms with E-state index in [1.165, 1.54) is 15.3 Å². The van der Waals surface area contributed by atoms with E-state index in [2.05, 4.69) is 40.3 Å². The lowest BCUT2D eigenvalue weighted by molar-refractivity contribution is 0.497. The van der Waals surface area contributed by atoms with Crippen LogP contribution in [0.3, 0.4) is 0 Å². The molecule has 0 saturated heterocycles. The van der Waals surface area contributed by atoms with Crippen molar-refractivity contribution in [3.63, 3.8) is 0 Å². The van der Waals surface area contributed by atoms with Gasteiger partial charge in [0.2, 0.25) is 0 Å². The Balaban J connectivity index is 2.47. The highest BCUT2D eigenvalue weighted by Gasteiger charge is 2.21. The fraction of sp³-hybridized carbons (Fsp3) is 0.385. The van der Waals surface area contributed by atoms with Gasteiger partial charge in [-0.2, -0.15) is 0 Å². The molecule has 0 aliphatic heterocycles. The fourth-order valence-electron chi connectivity index (χ4n) is 2.06. The molecule has 2 nitrogen and oxygen atoms in total. The van der Waals surface area contributed by atoms with Crippen LogP contribution < -0.4 is 5.32 Å². The molecule has 2 heterocycles. The van der Waals surface area contributed by atoms with Crippen molar-refractivity contribution in [2.45, 2.75) is 26.8 Å². The van der Waals surface area contributed by atoms with Gasteiger partial charge in [0.25, 0.3) is 0 Å². The number of thiophene rings is 1. The first-order valence-corrected chi connectivity index (χ1v) is 7.14. The Bertz CT molecular complexity index is 483. The Hall–Kier alpha value is -0.580. The van der Waals surface area contributed by atoms with E-state index in [-0.39, 0.29) is 6.04 Å². The lowest BCUT2D eigenvalue weighted by atomic mass is 10.1. The third-order valence-electron chi connectivity index (χ3n) is 2.78. The quantitative estimate of drug-likeness (QED) is 0.912. The third kappa shape index (κ3) is 2.49. The Morgan fingerprint density at radius 1 is 1.29 bits per heavy atom. The Kier molecular flexibility index (Phi) is 3.76. The minimum absolute atomic E-state index is 0.195. The number of nitrogens with one attached hydrogen (secondary N) is 1. The highest BCUT2D eigenvalue weighted by molar-refractivity contribution is 9.10. The van der Waals surface area contributed by atoms with Gasteiger partial charge in [0.05, 0.1) is 6.04 Å². The van der Waals surface area contributed by atoms with Gasteiger partial charge < -0.3 is 9.73 Å². The number of hydrogen-bond acceptors (Lipinski definition) is 3. The summed E-state index contributed by atoms with van der Waals surface area (Å²) in [5.74, 6) is 1.95. The van der Waals surface area contributed by atoms with Crippen LogP contribution in [-0.2, 0) is 0 Å². The number of hydrogen-bond donors (Lipinski definition) is 1. The minimum Gasteiger partial charge on any atom is -0.466 e. The number of halogens is 1. The van der Waals surface area contributed by atoms with Crippen molar-refractivity contribution in [2.24, 2.45) is 0 Å². The number of furan rings is 1. The molecule has 1 unspecified atom stereocenters. The largest absolute Gasteiger partial charge is 0.466 e. The Morgan fingerprint density at radius 3 is 2.41 bits per heavy atom. The molecule has 0 bridgehead atoms. The zero-order valence-corrected chi connectivity index (χ0v) is 12.8. The van der Waals surface area contributed by atoms with E-state index in [4.69, 9.17) is 4.42 Å². The second kappa shape index (κ2) is 4.96. The highest BCUT2D eigenvalue weighted by atomic mass is 79.9. The first kappa shape index (κ1) is 12.9. The molecule has 2 aromatic rings. The molecule has 2 aromatic heterocycles. The maximum absolute atomic E-state index is 5.61. The summed E-state index contributed by atoms with van der Waals surface area (Å²) in [6.07, 6.45) is 0. The molecule has 0 fully saturated rings. The van der Waals surface area contributed by atoms with Crippen molar-refractivity contribution >= 4 is 27.3 Å². The summed E-state index contributed by atoms with van der Waals surface area (Å²) < 4.78 is 6.78. The van der Waals surface area contributed by atoms with Gasteiger partial charge in [-0.05, 0) is 55.9 Å². The summed E-state index contributed by atoms with van der Waals surface area (Å²) in [4.78, 5) is 2.61. The summed E-state index contributed by atoms with van der Waals surface area (Å²) in [7, 11) is 1.98. The third-order valence-corrected chi connectivity index (χ3v) is 4.81. The molecular formula is C13H16BrNOS. The van der Waals surface area contributed by atoms with Crippen LogP contribution in [0.25, 0.3) is 0 Å². The summed E-state index contributed by atoms with van der Waals surface area (Å²) >= 11 is 5.44. The molecule has 0 aliphatic carbocycles. The average molecular weight is 314 g/mol.